The molecule has 0 saturated carbocycles. The monoisotopic (exact) mass is 386 g/mol. The Labute approximate surface area is 152 Å². The molecule has 1 unspecified atom stereocenters. The van der Waals surface area contributed by atoms with Gasteiger partial charge >= 0.3 is 0 Å². The van der Waals surface area contributed by atoms with Crippen molar-refractivity contribution in [2.45, 2.75) is 25.4 Å². The molecule has 0 N–H and O–H groups in total. The standard InChI is InChI=1S/C20H23BrN2O/c1-22(14-16-7-3-2-4-8-16)15-20(24)23-12-6-11-19(23)17-9-5-10-18(21)13-17/h2-5,7-10,13,19H,6,11-12,14-15H2,1H3. The largest absolute Gasteiger partial charge is 0.335 e. The van der Waals surface area contributed by atoms with E-state index in [1.165, 1.54) is 11.1 Å². The van der Waals surface area contributed by atoms with Gasteiger partial charge in [-0.1, -0.05) is 58.4 Å². The van der Waals surface area contributed by atoms with Gasteiger partial charge in [0, 0.05) is 17.6 Å². The van der Waals surface area contributed by atoms with Crippen LogP contribution in [0.2, 0.25) is 0 Å². The third-order valence-electron chi connectivity index (χ3n) is 4.51. The molecule has 0 spiro atoms. The van der Waals surface area contributed by atoms with Gasteiger partial charge in [0.05, 0.1) is 12.6 Å². The van der Waals surface area contributed by atoms with Gasteiger partial charge in [0.2, 0.25) is 5.91 Å². The summed E-state index contributed by atoms with van der Waals surface area (Å²) in [5.41, 5.74) is 2.46. The number of carbonyl (C=O) groups excluding carboxylic acids is 1. The summed E-state index contributed by atoms with van der Waals surface area (Å²) in [6.45, 7) is 2.11. The number of likely N-dealkylation sites (tertiary alicyclic amines) is 1. The SMILES string of the molecule is CN(CC(=O)N1CCCC1c1cccc(Br)c1)Cc1ccccc1. The Kier molecular flexibility index (Phi) is 5.69. The summed E-state index contributed by atoms with van der Waals surface area (Å²) in [5, 5.41) is 0. The van der Waals surface area contributed by atoms with Crippen LogP contribution in [0.3, 0.4) is 0 Å². The third-order valence-corrected chi connectivity index (χ3v) is 5.00. The second-order valence-corrected chi connectivity index (χ2v) is 7.37. The van der Waals surface area contributed by atoms with Crippen LogP contribution in [-0.2, 0) is 11.3 Å². The number of nitrogens with zero attached hydrogens (tertiary/aromatic N) is 2. The smallest absolute Gasteiger partial charge is 0.237 e. The Balaban J connectivity index is 1.63. The number of likely N-dealkylation sites (N-methyl/N-ethyl adjacent to an activating group) is 1. The zero-order valence-electron chi connectivity index (χ0n) is 14.0. The lowest BCUT2D eigenvalue weighted by Crippen LogP contribution is -2.38. The molecule has 2 aromatic carbocycles. The molecular formula is C20H23BrN2O. The van der Waals surface area contributed by atoms with Gasteiger partial charge in [0.15, 0.2) is 0 Å². The maximum Gasteiger partial charge on any atom is 0.237 e. The first-order valence-electron chi connectivity index (χ1n) is 8.41. The Morgan fingerprint density at radius 2 is 2.00 bits per heavy atom. The molecule has 4 heteroatoms. The lowest BCUT2D eigenvalue weighted by Gasteiger charge is -2.27. The molecule has 0 radical (unpaired) electrons. The Morgan fingerprint density at radius 1 is 1.21 bits per heavy atom. The molecule has 1 amide bonds. The number of rotatable bonds is 5. The quantitative estimate of drug-likeness (QED) is 0.766. The predicted octanol–water partition coefficient (Wildman–Crippen LogP) is 4.24. The summed E-state index contributed by atoms with van der Waals surface area (Å²) in [5.74, 6) is 0.218. The van der Waals surface area contributed by atoms with E-state index in [1.54, 1.807) is 0 Å². The van der Waals surface area contributed by atoms with E-state index in [9.17, 15) is 4.79 Å². The zero-order chi connectivity index (χ0) is 16.9. The first-order valence-corrected chi connectivity index (χ1v) is 9.20. The zero-order valence-corrected chi connectivity index (χ0v) is 15.6. The van der Waals surface area contributed by atoms with Gasteiger partial charge in [-0.15, -0.1) is 0 Å². The van der Waals surface area contributed by atoms with E-state index in [0.29, 0.717) is 6.54 Å². The molecule has 0 bridgehead atoms. The summed E-state index contributed by atoms with van der Waals surface area (Å²) < 4.78 is 1.07. The van der Waals surface area contributed by atoms with Gasteiger partial charge in [-0.2, -0.15) is 0 Å². The molecule has 3 nitrogen and oxygen atoms in total. The second-order valence-electron chi connectivity index (χ2n) is 6.46. The molecule has 0 aliphatic carbocycles. The minimum Gasteiger partial charge on any atom is -0.335 e. The molecule has 24 heavy (non-hydrogen) atoms. The number of halogens is 1. The number of benzene rings is 2. The highest BCUT2D eigenvalue weighted by molar-refractivity contribution is 9.10. The highest BCUT2D eigenvalue weighted by Gasteiger charge is 2.30. The van der Waals surface area contributed by atoms with E-state index >= 15 is 0 Å². The van der Waals surface area contributed by atoms with Gasteiger partial charge < -0.3 is 4.90 Å². The normalized spacial score (nSPS) is 17.5. The van der Waals surface area contributed by atoms with Crippen LogP contribution < -0.4 is 0 Å². The Bertz CT molecular complexity index is 689. The minimum absolute atomic E-state index is 0.208. The van der Waals surface area contributed by atoms with Crippen LogP contribution in [-0.4, -0.2) is 35.8 Å². The molecule has 1 atom stereocenters. The van der Waals surface area contributed by atoms with Crippen LogP contribution in [0.25, 0.3) is 0 Å². The Hall–Kier alpha value is -1.65. The molecule has 1 fully saturated rings. The Morgan fingerprint density at radius 3 is 2.75 bits per heavy atom. The average molecular weight is 387 g/mol. The minimum atomic E-state index is 0.208. The molecule has 126 valence electrons. The average Bonchev–Trinajstić information content (AvgIpc) is 3.05. The predicted molar refractivity (Wildman–Crippen MR) is 101 cm³/mol. The van der Waals surface area contributed by atoms with E-state index < -0.39 is 0 Å². The van der Waals surface area contributed by atoms with Gasteiger partial charge in [-0.25, -0.2) is 0 Å². The van der Waals surface area contributed by atoms with Gasteiger partial charge in [-0.05, 0) is 43.1 Å². The van der Waals surface area contributed by atoms with E-state index in [-0.39, 0.29) is 11.9 Å². The van der Waals surface area contributed by atoms with Crippen molar-refractivity contribution >= 4 is 21.8 Å². The van der Waals surface area contributed by atoms with Crippen molar-refractivity contribution < 1.29 is 4.79 Å². The fourth-order valence-corrected chi connectivity index (χ4v) is 3.82. The fraction of sp³-hybridized carbons (Fsp3) is 0.350. The van der Waals surface area contributed by atoms with E-state index in [4.69, 9.17) is 0 Å². The highest BCUT2D eigenvalue weighted by atomic mass is 79.9. The number of hydrogen-bond donors (Lipinski definition) is 0. The lowest BCUT2D eigenvalue weighted by atomic mass is 10.0. The van der Waals surface area contributed by atoms with Gasteiger partial charge in [0.25, 0.3) is 0 Å². The molecule has 1 heterocycles. The van der Waals surface area contributed by atoms with Crippen LogP contribution in [0, 0.1) is 0 Å². The van der Waals surface area contributed by atoms with Crippen molar-refractivity contribution in [1.82, 2.24) is 9.80 Å². The van der Waals surface area contributed by atoms with Crippen molar-refractivity contribution in [2.24, 2.45) is 0 Å². The molecule has 3 rings (SSSR count). The number of amides is 1. The maximum absolute atomic E-state index is 12.8. The first-order chi connectivity index (χ1) is 11.6. The second kappa shape index (κ2) is 7.95. The molecule has 1 aliphatic heterocycles. The summed E-state index contributed by atoms with van der Waals surface area (Å²) in [6.07, 6.45) is 2.12. The van der Waals surface area contributed by atoms with Crippen LogP contribution >= 0.6 is 15.9 Å². The molecule has 0 aromatic heterocycles. The van der Waals surface area contributed by atoms with E-state index in [1.807, 2.05) is 42.3 Å². The fourth-order valence-electron chi connectivity index (χ4n) is 3.40. The van der Waals surface area contributed by atoms with Crippen molar-refractivity contribution in [3.63, 3.8) is 0 Å². The summed E-state index contributed by atoms with van der Waals surface area (Å²) in [7, 11) is 2.01. The molecular weight excluding hydrogens is 364 g/mol. The van der Waals surface area contributed by atoms with E-state index in [0.717, 1.165) is 30.4 Å². The van der Waals surface area contributed by atoms with E-state index in [2.05, 4.69) is 45.1 Å². The number of hydrogen-bond acceptors (Lipinski definition) is 2. The van der Waals surface area contributed by atoms with Crippen LogP contribution in [0.4, 0.5) is 0 Å². The summed E-state index contributed by atoms with van der Waals surface area (Å²) in [4.78, 5) is 16.9. The molecule has 1 saturated heterocycles. The van der Waals surface area contributed by atoms with Crippen molar-refractivity contribution in [3.8, 4) is 0 Å². The topological polar surface area (TPSA) is 23.6 Å². The van der Waals surface area contributed by atoms with Crippen molar-refractivity contribution in [1.29, 1.82) is 0 Å². The van der Waals surface area contributed by atoms with Crippen molar-refractivity contribution in [2.75, 3.05) is 20.1 Å². The molecule has 2 aromatic rings. The lowest BCUT2D eigenvalue weighted by molar-refractivity contribution is -0.133. The first kappa shape index (κ1) is 17.2. The highest BCUT2D eigenvalue weighted by Crippen LogP contribution is 2.33. The van der Waals surface area contributed by atoms with Crippen LogP contribution in [0.5, 0.6) is 0 Å². The third kappa shape index (κ3) is 4.25. The maximum atomic E-state index is 12.8. The molecule has 1 aliphatic rings. The van der Waals surface area contributed by atoms with Gasteiger partial charge in [0.1, 0.15) is 0 Å². The summed E-state index contributed by atoms with van der Waals surface area (Å²) >= 11 is 3.53. The van der Waals surface area contributed by atoms with Crippen LogP contribution in [0.15, 0.2) is 59.1 Å². The van der Waals surface area contributed by atoms with Crippen molar-refractivity contribution in [3.05, 3.63) is 70.2 Å². The number of carbonyl (C=O) groups is 1. The van der Waals surface area contributed by atoms with Gasteiger partial charge in [-0.3, -0.25) is 9.69 Å². The summed E-state index contributed by atoms with van der Waals surface area (Å²) in [6, 6.07) is 18.8. The van der Waals surface area contributed by atoms with Crippen LogP contribution in [0.1, 0.15) is 30.0 Å².